The fourth-order valence-corrected chi connectivity index (χ4v) is 2.82. The lowest BCUT2D eigenvalue weighted by molar-refractivity contribution is 0.0332. The van der Waals surface area contributed by atoms with E-state index in [2.05, 4.69) is 51.4 Å². The number of carbonyl (C=O) groups is 1. The summed E-state index contributed by atoms with van der Waals surface area (Å²) in [5.74, 6) is -0.202. The number of rotatable bonds is 5. The van der Waals surface area contributed by atoms with Crippen molar-refractivity contribution in [2.75, 3.05) is 32.8 Å². The largest absolute Gasteiger partial charge is 0.379 e. The summed E-state index contributed by atoms with van der Waals surface area (Å²) in [6.45, 7) is 7.88. The third kappa shape index (κ3) is 4.84. The van der Waals surface area contributed by atoms with E-state index in [4.69, 9.17) is 4.74 Å². The van der Waals surface area contributed by atoms with Crippen LogP contribution in [0.1, 0.15) is 33.4 Å². The Labute approximate surface area is 148 Å². The van der Waals surface area contributed by atoms with Crippen molar-refractivity contribution in [3.8, 4) is 0 Å². The number of nitrogens with one attached hydrogen (secondary N) is 1. The molecule has 6 nitrogen and oxygen atoms in total. The highest BCUT2D eigenvalue weighted by Crippen LogP contribution is 2.17. The van der Waals surface area contributed by atoms with E-state index < -0.39 is 0 Å². The molecule has 0 radical (unpaired) electrons. The smallest absolute Gasteiger partial charge is 0.272 e. The van der Waals surface area contributed by atoms with Gasteiger partial charge >= 0.3 is 0 Å². The Hall–Kier alpha value is -2.31. The molecule has 1 N–H and O–H groups in total. The third-order valence-corrected chi connectivity index (χ3v) is 4.34. The fourth-order valence-electron chi connectivity index (χ4n) is 2.82. The molecule has 1 aliphatic rings. The van der Waals surface area contributed by atoms with Crippen LogP contribution in [0, 0.1) is 13.8 Å². The summed E-state index contributed by atoms with van der Waals surface area (Å²) in [4.78, 5) is 23.2. The van der Waals surface area contributed by atoms with E-state index >= 15 is 0 Å². The third-order valence-electron chi connectivity index (χ3n) is 4.34. The fraction of sp³-hybridized carbons (Fsp3) is 0.421. The molecule has 2 aromatic rings. The highest BCUT2D eigenvalue weighted by Gasteiger charge is 2.21. The lowest BCUT2D eigenvalue weighted by Gasteiger charge is -2.31. The van der Waals surface area contributed by atoms with Crippen molar-refractivity contribution in [2.45, 2.75) is 19.9 Å². The van der Waals surface area contributed by atoms with Crippen LogP contribution >= 0.6 is 0 Å². The molecule has 0 spiro atoms. The molecule has 1 amide bonds. The molecule has 1 aromatic heterocycles. The maximum Gasteiger partial charge on any atom is 0.272 e. The van der Waals surface area contributed by atoms with Gasteiger partial charge in [0.2, 0.25) is 0 Å². The molecule has 0 saturated carbocycles. The number of benzene rings is 1. The van der Waals surface area contributed by atoms with Gasteiger partial charge in [0.05, 0.1) is 31.1 Å². The maximum absolute atomic E-state index is 12.6. The summed E-state index contributed by atoms with van der Waals surface area (Å²) in [5.41, 5.74) is 3.42. The van der Waals surface area contributed by atoms with Gasteiger partial charge in [-0.2, -0.15) is 0 Å². The lowest BCUT2D eigenvalue weighted by Crippen LogP contribution is -2.43. The van der Waals surface area contributed by atoms with Gasteiger partial charge in [0.1, 0.15) is 5.69 Å². The highest BCUT2D eigenvalue weighted by molar-refractivity contribution is 5.92. The molecule has 3 rings (SSSR count). The van der Waals surface area contributed by atoms with Crippen molar-refractivity contribution in [3.63, 3.8) is 0 Å². The van der Waals surface area contributed by atoms with Crippen LogP contribution in [0.25, 0.3) is 0 Å². The van der Waals surface area contributed by atoms with Crippen LogP contribution in [0.15, 0.2) is 36.7 Å². The van der Waals surface area contributed by atoms with Gasteiger partial charge in [-0.1, -0.05) is 29.8 Å². The van der Waals surface area contributed by atoms with E-state index in [1.807, 2.05) is 6.92 Å². The zero-order chi connectivity index (χ0) is 17.6. The van der Waals surface area contributed by atoms with Crippen LogP contribution < -0.4 is 5.32 Å². The number of ether oxygens (including phenoxy) is 1. The van der Waals surface area contributed by atoms with Gasteiger partial charge in [-0.3, -0.25) is 14.7 Å². The molecule has 1 aromatic carbocycles. The summed E-state index contributed by atoms with van der Waals surface area (Å²) >= 11 is 0. The summed E-state index contributed by atoms with van der Waals surface area (Å²) in [7, 11) is 0. The molecule has 0 aliphatic carbocycles. The molecule has 2 heterocycles. The minimum Gasteiger partial charge on any atom is -0.379 e. The molecule has 1 atom stereocenters. The average Bonchev–Trinajstić information content (AvgIpc) is 2.63. The highest BCUT2D eigenvalue weighted by atomic mass is 16.5. The van der Waals surface area contributed by atoms with Crippen molar-refractivity contribution in [1.82, 2.24) is 20.2 Å². The number of aryl methyl sites for hydroxylation is 2. The maximum atomic E-state index is 12.6. The second-order valence-corrected chi connectivity index (χ2v) is 6.39. The van der Waals surface area contributed by atoms with Gasteiger partial charge in [0.25, 0.3) is 5.91 Å². The van der Waals surface area contributed by atoms with E-state index in [9.17, 15) is 4.79 Å². The average molecular weight is 340 g/mol. The van der Waals surface area contributed by atoms with E-state index in [0.717, 1.165) is 44.1 Å². The zero-order valence-electron chi connectivity index (χ0n) is 14.7. The predicted molar refractivity (Wildman–Crippen MR) is 95.4 cm³/mol. The SMILES string of the molecule is Cc1ccc([C@H](CN2CCOCC2)NC(=O)c2cnc(C)cn2)cc1. The van der Waals surface area contributed by atoms with Crippen molar-refractivity contribution >= 4 is 5.91 Å². The van der Waals surface area contributed by atoms with E-state index in [0.29, 0.717) is 5.69 Å². The number of nitrogens with zero attached hydrogens (tertiary/aromatic N) is 3. The summed E-state index contributed by atoms with van der Waals surface area (Å²) < 4.78 is 5.42. The Bertz CT molecular complexity index is 694. The Morgan fingerprint density at radius 2 is 1.88 bits per heavy atom. The van der Waals surface area contributed by atoms with Gasteiger partial charge in [-0.05, 0) is 19.4 Å². The van der Waals surface area contributed by atoms with Crippen LogP contribution in [0.4, 0.5) is 0 Å². The quantitative estimate of drug-likeness (QED) is 0.900. The van der Waals surface area contributed by atoms with Gasteiger partial charge in [0, 0.05) is 25.8 Å². The molecule has 0 unspecified atom stereocenters. The molecule has 25 heavy (non-hydrogen) atoms. The number of hydrogen-bond donors (Lipinski definition) is 1. The first-order chi connectivity index (χ1) is 12.1. The molecule has 1 aliphatic heterocycles. The molecule has 0 bridgehead atoms. The van der Waals surface area contributed by atoms with Gasteiger partial charge in [-0.15, -0.1) is 0 Å². The topological polar surface area (TPSA) is 67.3 Å². The van der Waals surface area contributed by atoms with Gasteiger partial charge in [-0.25, -0.2) is 4.98 Å². The zero-order valence-corrected chi connectivity index (χ0v) is 14.7. The first-order valence-electron chi connectivity index (χ1n) is 8.58. The Morgan fingerprint density at radius 1 is 1.16 bits per heavy atom. The minimum atomic E-state index is -0.202. The van der Waals surface area contributed by atoms with Crippen LogP contribution in [0.3, 0.4) is 0 Å². The summed E-state index contributed by atoms with van der Waals surface area (Å²) in [6, 6.07) is 8.18. The Morgan fingerprint density at radius 3 is 2.52 bits per heavy atom. The number of aromatic nitrogens is 2. The molecule has 1 saturated heterocycles. The monoisotopic (exact) mass is 340 g/mol. The molecular formula is C19H24N4O2. The van der Waals surface area contributed by atoms with E-state index in [-0.39, 0.29) is 11.9 Å². The van der Waals surface area contributed by atoms with Crippen molar-refractivity contribution in [1.29, 1.82) is 0 Å². The van der Waals surface area contributed by atoms with E-state index in [1.54, 1.807) is 6.20 Å². The molecule has 6 heteroatoms. The van der Waals surface area contributed by atoms with Crippen LogP contribution in [-0.2, 0) is 4.74 Å². The molecular weight excluding hydrogens is 316 g/mol. The van der Waals surface area contributed by atoms with Crippen molar-refractivity contribution in [3.05, 3.63) is 59.2 Å². The number of amides is 1. The van der Waals surface area contributed by atoms with Gasteiger partial charge < -0.3 is 10.1 Å². The summed E-state index contributed by atoms with van der Waals surface area (Å²) in [5, 5.41) is 3.11. The lowest BCUT2D eigenvalue weighted by atomic mass is 10.0. The molecule has 132 valence electrons. The normalized spacial score (nSPS) is 16.4. The van der Waals surface area contributed by atoms with Gasteiger partial charge in [0.15, 0.2) is 0 Å². The van der Waals surface area contributed by atoms with Crippen molar-refractivity contribution in [2.24, 2.45) is 0 Å². The first-order valence-corrected chi connectivity index (χ1v) is 8.58. The number of carbonyl (C=O) groups excluding carboxylic acids is 1. The molecule has 1 fully saturated rings. The number of morpholine rings is 1. The minimum absolute atomic E-state index is 0.102. The standard InChI is InChI=1S/C19H24N4O2/c1-14-3-5-16(6-4-14)18(13-23-7-9-25-10-8-23)22-19(24)17-12-20-15(2)11-21-17/h3-6,11-12,18H,7-10,13H2,1-2H3,(H,22,24)/t18-/m0/s1. The first kappa shape index (κ1) is 17.5. The van der Waals surface area contributed by atoms with Crippen molar-refractivity contribution < 1.29 is 9.53 Å². The van der Waals surface area contributed by atoms with Crippen LogP contribution in [0.2, 0.25) is 0 Å². The number of hydrogen-bond acceptors (Lipinski definition) is 5. The predicted octanol–water partition coefficient (Wildman–Crippen LogP) is 1.90. The Kier molecular flexibility index (Phi) is 5.73. The van der Waals surface area contributed by atoms with Crippen LogP contribution in [0.5, 0.6) is 0 Å². The summed E-state index contributed by atoms with van der Waals surface area (Å²) in [6.07, 6.45) is 3.13. The second-order valence-electron chi connectivity index (χ2n) is 6.39. The van der Waals surface area contributed by atoms with E-state index in [1.165, 1.54) is 11.8 Å². The second kappa shape index (κ2) is 8.18. The van der Waals surface area contributed by atoms with Crippen LogP contribution in [-0.4, -0.2) is 53.6 Å². The Balaban J connectivity index is 1.76.